The number of amides is 1. The quantitative estimate of drug-likeness (QED) is 0.318. The summed E-state index contributed by atoms with van der Waals surface area (Å²) < 4.78 is 10.00. The van der Waals surface area contributed by atoms with E-state index in [0.717, 1.165) is 39.5 Å². The maximum absolute atomic E-state index is 13.5. The van der Waals surface area contributed by atoms with E-state index < -0.39 is 0 Å². The van der Waals surface area contributed by atoms with Gasteiger partial charge in [-0.05, 0) is 56.7 Å². The molecule has 36 heavy (non-hydrogen) atoms. The second-order valence-corrected chi connectivity index (χ2v) is 9.00. The molecule has 0 spiro atoms. The minimum atomic E-state index is -0.109. The molecular formula is C29H29N5O2. The maximum atomic E-state index is 13.5. The van der Waals surface area contributed by atoms with E-state index in [1.807, 2.05) is 110 Å². The van der Waals surface area contributed by atoms with Crippen molar-refractivity contribution in [1.29, 1.82) is 0 Å². The highest BCUT2D eigenvalue weighted by Gasteiger charge is 2.21. The average Bonchev–Trinajstić information content (AvgIpc) is 3.44. The molecule has 1 amide bonds. The van der Waals surface area contributed by atoms with Crippen molar-refractivity contribution in [2.45, 2.75) is 33.9 Å². The van der Waals surface area contributed by atoms with E-state index in [0.29, 0.717) is 17.9 Å². The van der Waals surface area contributed by atoms with Crippen LogP contribution in [0.2, 0.25) is 0 Å². The Bertz CT molecular complexity index is 1530. The molecule has 0 fully saturated rings. The highest BCUT2D eigenvalue weighted by molar-refractivity contribution is 5.96. The molecule has 7 heteroatoms. The summed E-state index contributed by atoms with van der Waals surface area (Å²) >= 11 is 0. The lowest BCUT2D eigenvalue weighted by Gasteiger charge is -2.19. The number of nitrogens with zero attached hydrogens (tertiary/aromatic N) is 5. The zero-order valence-electron chi connectivity index (χ0n) is 21.0. The van der Waals surface area contributed by atoms with Crippen molar-refractivity contribution in [3.05, 3.63) is 113 Å². The van der Waals surface area contributed by atoms with Crippen LogP contribution in [0.25, 0.3) is 11.3 Å². The largest absolute Gasteiger partial charge is 0.486 e. The Morgan fingerprint density at radius 2 is 1.72 bits per heavy atom. The third-order valence-electron chi connectivity index (χ3n) is 6.40. The summed E-state index contributed by atoms with van der Waals surface area (Å²) in [5, 5.41) is 4.72. The molecule has 5 aromatic rings. The number of pyridine rings is 1. The fraction of sp³-hybridized carbons (Fsp3) is 0.207. The highest BCUT2D eigenvalue weighted by Crippen LogP contribution is 2.24. The van der Waals surface area contributed by atoms with Gasteiger partial charge in [0.15, 0.2) is 0 Å². The van der Waals surface area contributed by atoms with Crippen molar-refractivity contribution in [3.63, 3.8) is 0 Å². The molecule has 0 N–H and O–H groups in total. The Kier molecular flexibility index (Phi) is 6.29. The van der Waals surface area contributed by atoms with Crippen LogP contribution < -0.4 is 4.74 Å². The van der Waals surface area contributed by atoms with Crippen LogP contribution in [0.5, 0.6) is 5.75 Å². The van der Waals surface area contributed by atoms with Crippen molar-refractivity contribution >= 4 is 11.6 Å². The number of carbonyl (C=O) groups is 1. The minimum absolute atomic E-state index is 0.109. The lowest BCUT2D eigenvalue weighted by atomic mass is 10.1. The van der Waals surface area contributed by atoms with Crippen molar-refractivity contribution in [2.75, 3.05) is 7.05 Å². The average molecular weight is 480 g/mol. The van der Waals surface area contributed by atoms with E-state index in [9.17, 15) is 4.79 Å². The molecule has 3 aromatic heterocycles. The number of aromatic nitrogens is 4. The van der Waals surface area contributed by atoms with E-state index in [4.69, 9.17) is 9.84 Å². The summed E-state index contributed by atoms with van der Waals surface area (Å²) in [6, 6.07) is 21.4. The summed E-state index contributed by atoms with van der Waals surface area (Å²) in [5.74, 6) is 0.430. The third kappa shape index (κ3) is 4.47. The summed E-state index contributed by atoms with van der Waals surface area (Å²) in [6.07, 6.45) is 3.92. The molecule has 0 unspecified atom stereocenters. The number of hydrogen-bond acceptors (Lipinski definition) is 4. The molecule has 5 rings (SSSR count). The molecule has 182 valence electrons. The van der Waals surface area contributed by atoms with Gasteiger partial charge in [-0.3, -0.25) is 4.79 Å². The van der Waals surface area contributed by atoms with Crippen molar-refractivity contribution < 1.29 is 9.53 Å². The summed E-state index contributed by atoms with van der Waals surface area (Å²) in [7, 11) is 1.81. The van der Waals surface area contributed by atoms with Crippen molar-refractivity contribution in [2.24, 2.45) is 0 Å². The van der Waals surface area contributed by atoms with Gasteiger partial charge in [-0.2, -0.15) is 5.10 Å². The van der Waals surface area contributed by atoms with Gasteiger partial charge in [0, 0.05) is 37.2 Å². The molecule has 0 saturated heterocycles. The van der Waals surface area contributed by atoms with Gasteiger partial charge in [-0.1, -0.05) is 36.4 Å². The second kappa shape index (κ2) is 9.70. The molecule has 7 nitrogen and oxygen atoms in total. The van der Waals surface area contributed by atoms with Gasteiger partial charge >= 0.3 is 0 Å². The summed E-state index contributed by atoms with van der Waals surface area (Å²) in [5.41, 5.74) is 7.29. The van der Waals surface area contributed by atoms with E-state index in [1.165, 1.54) is 0 Å². The fourth-order valence-corrected chi connectivity index (χ4v) is 4.43. The summed E-state index contributed by atoms with van der Waals surface area (Å²) in [4.78, 5) is 19.8. The smallest absolute Gasteiger partial charge is 0.257 e. The third-order valence-corrected chi connectivity index (χ3v) is 6.40. The number of fused-ring (bicyclic) bond motifs is 1. The van der Waals surface area contributed by atoms with Gasteiger partial charge in [-0.25, -0.2) is 9.67 Å². The lowest BCUT2D eigenvalue weighted by Crippen LogP contribution is -2.27. The standard InChI is InChI=1S/C29H29N5O2/c1-20-11-10-16-33-17-23(30-28(20)33)19-36-27-15-9-8-14-25(27)29(35)32(4)18-26-21(2)31-34(22(26)3)24-12-6-5-7-13-24/h5-17H,18-19H2,1-4H3. The predicted octanol–water partition coefficient (Wildman–Crippen LogP) is 5.30. The molecule has 2 aromatic carbocycles. The van der Waals surface area contributed by atoms with Gasteiger partial charge in [0.25, 0.3) is 5.91 Å². The maximum Gasteiger partial charge on any atom is 0.257 e. The van der Waals surface area contributed by atoms with Crippen LogP contribution in [0.1, 0.15) is 38.6 Å². The first-order valence-electron chi connectivity index (χ1n) is 11.9. The molecule has 0 aliphatic heterocycles. The minimum Gasteiger partial charge on any atom is -0.486 e. The Hall–Kier alpha value is -4.39. The van der Waals surface area contributed by atoms with Gasteiger partial charge < -0.3 is 14.0 Å². The topological polar surface area (TPSA) is 64.7 Å². The van der Waals surface area contributed by atoms with Gasteiger partial charge in [0.2, 0.25) is 0 Å². The SMILES string of the molecule is Cc1nn(-c2ccccc2)c(C)c1CN(C)C(=O)c1ccccc1OCc1cn2cccc(C)c2n1. The number of imidazole rings is 1. The van der Waals surface area contributed by atoms with E-state index in [2.05, 4.69) is 4.98 Å². The van der Waals surface area contributed by atoms with Gasteiger partial charge in [0.05, 0.1) is 22.6 Å². The summed E-state index contributed by atoms with van der Waals surface area (Å²) in [6.45, 7) is 6.77. The Balaban J connectivity index is 1.33. The van der Waals surface area contributed by atoms with Crippen LogP contribution >= 0.6 is 0 Å². The molecular weight excluding hydrogens is 450 g/mol. The first-order chi connectivity index (χ1) is 17.4. The van der Waals surface area contributed by atoms with Gasteiger partial charge in [0.1, 0.15) is 18.0 Å². The number of hydrogen-bond donors (Lipinski definition) is 0. The molecule has 0 aliphatic carbocycles. The number of carbonyl (C=O) groups excluding carboxylic acids is 1. The molecule has 3 heterocycles. The van der Waals surface area contributed by atoms with Crippen LogP contribution in [0.3, 0.4) is 0 Å². The molecule has 0 aliphatic rings. The van der Waals surface area contributed by atoms with E-state index in [1.54, 1.807) is 11.0 Å². The first kappa shape index (κ1) is 23.4. The van der Waals surface area contributed by atoms with Crippen molar-refractivity contribution in [3.8, 4) is 11.4 Å². The zero-order chi connectivity index (χ0) is 25.2. The molecule has 0 atom stereocenters. The Labute approximate surface area is 210 Å². The van der Waals surface area contributed by atoms with Crippen LogP contribution in [0.4, 0.5) is 0 Å². The monoisotopic (exact) mass is 479 g/mol. The van der Waals surface area contributed by atoms with E-state index >= 15 is 0 Å². The van der Waals surface area contributed by atoms with Crippen LogP contribution in [0, 0.1) is 20.8 Å². The van der Waals surface area contributed by atoms with Gasteiger partial charge in [-0.15, -0.1) is 0 Å². The zero-order valence-corrected chi connectivity index (χ0v) is 21.0. The highest BCUT2D eigenvalue weighted by atomic mass is 16.5. The lowest BCUT2D eigenvalue weighted by molar-refractivity contribution is 0.0779. The van der Waals surface area contributed by atoms with Crippen LogP contribution in [0.15, 0.2) is 79.1 Å². The number of ether oxygens (including phenoxy) is 1. The number of benzene rings is 2. The number of para-hydroxylation sites is 2. The Morgan fingerprint density at radius 3 is 2.50 bits per heavy atom. The number of aryl methyl sites for hydroxylation is 2. The Morgan fingerprint density at radius 1 is 0.972 bits per heavy atom. The predicted molar refractivity (Wildman–Crippen MR) is 140 cm³/mol. The van der Waals surface area contributed by atoms with Crippen LogP contribution in [-0.4, -0.2) is 37.0 Å². The normalized spacial score (nSPS) is 11.1. The second-order valence-electron chi connectivity index (χ2n) is 9.00. The van der Waals surface area contributed by atoms with Crippen LogP contribution in [-0.2, 0) is 13.2 Å². The molecule has 0 bridgehead atoms. The fourth-order valence-electron chi connectivity index (χ4n) is 4.43. The molecule has 0 saturated carbocycles. The van der Waals surface area contributed by atoms with Crippen molar-refractivity contribution in [1.82, 2.24) is 24.1 Å². The number of rotatable bonds is 7. The first-order valence-corrected chi connectivity index (χ1v) is 11.9. The van der Waals surface area contributed by atoms with E-state index in [-0.39, 0.29) is 12.5 Å². The molecule has 0 radical (unpaired) electrons.